The summed E-state index contributed by atoms with van der Waals surface area (Å²) in [6.07, 6.45) is 5.90. The molecule has 150 valence electrons. The van der Waals surface area contributed by atoms with Gasteiger partial charge in [-0.05, 0) is 53.4 Å². The van der Waals surface area contributed by atoms with Crippen molar-refractivity contribution in [3.05, 3.63) is 83.4 Å². The first-order valence-corrected chi connectivity index (χ1v) is 10.7. The largest absolute Gasteiger partial charge is 0.203 e. The topological polar surface area (TPSA) is 0 Å². The molecule has 0 radical (unpaired) electrons. The molecule has 0 unspecified atom stereocenters. The molecule has 0 saturated heterocycles. The summed E-state index contributed by atoms with van der Waals surface area (Å²) in [5.41, 5.74) is 4.55. The summed E-state index contributed by atoms with van der Waals surface area (Å²) in [5, 5.41) is 0. The predicted octanol–water partition coefficient (Wildman–Crippen LogP) is 8.15. The summed E-state index contributed by atoms with van der Waals surface area (Å²) in [7, 11) is 0. The van der Waals surface area contributed by atoms with Gasteiger partial charge in [0.1, 0.15) is 0 Å². The Kier molecular flexibility index (Phi) is 5.80. The van der Waals surface area contributed by atoms with Crippen molar-refractivity contribution in [2.75, 3.05) is 0 Å². The van der Waals surface area contributed by atoms with E-state index in [1.54, 1.807) is 12.1 Å². The third-order valence-corrected chi connectivity index (χ3v) is 6.46. The molecule has 0 amide bonds. The number of benzene rings is 3. The van der Waals surface area contributed by atoms with Crippen molar-refractivity contribution in [1.82, 2.24) is 0 Å². The molecule has 29 heavy (non-hydrogen) atoms. The Labute approximate surface area is 172 Å². The normalized spacial score (nSPS) is 19.3. The highest BCUT2D eigenvalue weighted by Gasteiger charge is 2.20. The van der Waals surface area contributed by atoms with Crippen LogP contribution in [0.2, 0.25) is 0 Å². The summed E-state index contributed by atoms with van der Waals surface area (Å²) in [6, 6.07) is 19.1. The van der Waals surface area contributed by atoms with Gasteiger partial charge in [-0.15, -0.1) is 0 Å². The second-order valence-electron chi connectivity index (χ2n) is 8.42. The Bertz CT molecular complexity index is 963. The van der Waals surface area contributed by atoms with Crippen LogP contribution in [0.25, 0.3) is 22.3 Å². The SMILES string of the molecule is CCc1ccc(-c2ccc(-c3ccc(C4CCC(C)CC4)cc3)c(F)c2F)cc1. The lowest BCUT2D eigenvalue weighted by molar-refractivity contribution is 0.348. The molecule has 1 saturated carbocycles. The number of aryl methyl sites for hydroxylation is 1. The summed E-state index contributed by atoms with van der Waals surface area (Å²) in [4.78, 5) is 0. The van der Waals surface area contributed by atoms with Gasteiger partial charge in [0.2, 0.25) is 0 Å². The van der Waals surface area contributed by atoms with E-state index in [9.17, 15) is 8.78 Å². The van der Waals surface area contributed by atoms with E-state index in [0.717, 1.165) is 17.9 Å². The van der Waals surface area contributed by atoms with Crippen LogP contribution in [-0.4, -0.2) is 0 Å². The van der Waals surface area contributed by atoms with Gasteiger partial charge < -0.3 is 0 Å². The Morgan fingerprint density at radius 3 is 1.66 bits per heavy atom. The lowest BCUT2D eigenvalue weighted by Gasteiger charge is -2.26. The minimum absolute atomic E-state index is 0.307. The third kappa shape index (κ3) is 4.12. The van der Waals surface area contributed by atoms with Crippen LogP contribution in [0.15, 0.2) is 60.7 Å². The smallest absolute Gasteiger partial charge is 0.167 e. The fourth-order valence-corrected chi connectivity index (χ4v) is 4.44. The maximum absolute atomic E-state index is 14.9. The zero-order valence-corrected chi connectivity index (χ0v) is 17.2. The number of halogens is 2. The fraction of sp³-hybridized carbons (Fsp3) is 0.333. The molecule has 1 aliphatic carbocycles. The zero-order valence-electron chi connectivity index (χ0n) is 17.2. The van der Waals surface area contributed by atoms with E-state index in [1.165, 1.54) is 36.8 Å². The van der Waals surface area contributed by atoms with E-state index in [2.05, 4.69) is 26.0 Å². The van der Waals surface area contributed by atoms with Gasteiger partial charge in [-0.2, -0.15) is 0 Å². The van der Waals surface area contributed by atoms with E-state index in [-0.39, 0.29) is 0 Å². The molecule has 3 aromatic carbocycles. The van der Waals surface area contributed by atoms with Crippen LogP contribution < -0.4 is 0 Å². The number of hydrogen-bond acceptors (Lipinski definition) is 0. The van der Waals surface area contributed by atoms with E-state index in [1.807, 2.05) is 36.4 Å². The van der Waals surface area contributed by atoms with Gasteiger partial charge in [0.15, 0.2) is 11.6 Å². The second-order valence-corrected chi connectivity index (χ2v) is 8.42. The van der Waals surface area contributed by atoms with Gasteiger partial charge in [0.25, 0.3) is 0 Å². The Hall–Kier alpha value is -2.48. The van der Waals surface area contributed by atoms with Crippen molar-refractivity contribution in [2.24, 2.45) is 5.92 Å². The van der Waals surface area contributed by atoms with Gasteiger partial charge in [-0.1, -0.05) is 87.4 Å². The first kappa shape index (κ1) is 19.8. The molecule has 3 aromatic rings. The third-order valence-electron chi connectivity index (χ3n) is 6.46. The van der Waals surface area contributed by atoms with Gasteiger partial charge in [0, 0.05) is 11.1 Å². The molecule has 0 N–H and O–H groups in total. The summed E-state index contributed by atoms with van der Waals surface area (Å²) in [5.74, 6) is -0.145. The van der Waals surface area contributed by atoms with Crippen LogP contribution in [0.4, 0.5) is 8.78 Å². The number of hydrogen-bond donors (Lipinski definition) is 0. The van der Waals surface area contributed by atoms with Crippen molar-refractivity contribution < 1.29 is 8.78 Å². The lowest BCUT2D eigenvalue weighted by atomic mass is 9.79. The average Bonchev–Trinajstić information content (AvgIpc) is 2.76. The minimum atomic E-state index is -0.780. The molecule has 0 atom stereocenters. The predicted molar refractivity (Wildman–Crippen MR) is 117 cm³/mol. The molecule has 0 aliphatic heterocycles. The van der Waals surface area contributed by atoms with Gasteiger partial charge in [-0.3, -0.25) is 0 Å². The Morgan fingerprint density at radius 2 is 1.17 bits per heavy atom. The molecule has 0 heterocycles. The van der Waals surface area contributed by atoms with Crippen molar-refractivity contribution in [3.8, 4) is 22.3 Å². The van der Waals surface area contributed by atoms with Gasteiger partial charge >= 0.3 is 0 Å². The van der Waals surface area contributed by atoms with Crippen LogP contribution in [0.3, 0.4) is 0 Å². The second kappa shape index (κ2) is 8.49. The molecule has 0 spiro atoms. The quantitative estimate of drug-likeness (QED) is 0.421. The molecular weight excluding hydrogens is 362 g/mol. The molecule has 0 aromatic heterocycles. The van der Waals surface area contributed by atoms with E-state index < -0.39 is 11.6 Å². The van der Waals surface area contributed by atoms with Gasteiger partial charge in [-0.25, -0.2) is 8.78 Å². The molecule has 1 aliphatic rings. The van der Waals surface area contributed by atoms with E-state index in [4.69, 9.17) is 0 Å². The average molecular weight is 391 g/mol. The summed E-state index contributed by atoms with van der Waals surface area (Å²) in [6.45, 7) is 4.39. The van der Waals surface area contributed by atoms with Crippen LogP contribution in [0.1, 0.15) is 56.6 Å². The first-order chi connectivity index (χ1) is 14.1. The molecular formula is C27H28F2. The van der Waals surface area contributed by atoms with Crippen LogP contribution in [0.5, 0.6) is 0 Å². The van der Waals surface area contributed by atoms with Crippen LogP contribution in [-0.2, 0) is 6.42 Å². The highest BCUT2D eigenvalue weighted by atomic mass is 19.2. The van der Waals surface area contributed by atoms with Crippen molar-refractivity contribution in [3.63, 3.8) is 0 Å². The van der Waals surface area contributed by atoms with Gasteiger partial charge in [0.05, 0.1) is 0 Å². The maximum Gasteiger partial charge on any atom is 0.167 e. The molecule has 0 bridgehead atoms. The van der Waals surface area contributed by atoms with Crippen molar-refractivity contribution >= 4 is 0 Å². The fourth-order valence-electron chi connectivity index (χ4n) is 4.44. The molecule has 1 fully saturated rings. The van der Waals surface area contributed by atoms with Crippen LogP contribution in [0, 0.1) is 17.6 Å². The highest BCUT2D eigenvalue weighted by Crippen LogP contribution is 2.37. The Morgan fingerprint density at radius 1 is 0.690 bits per heavy atom. The monoisotopic (exact) mass is 390 g/mol. The highest BCUT2D eigenvalue weighted by molar-refractivity contribution is 5.72. The summed E-state index contributed by atoms with van der Waals surface area (Å²) >= 11 is 0. The minimum Gasteiger partial charge on any atom is -0.203 e. The van der Waals surface area contributed by atoms with E-state index >= 15 is 0 Å². The first-order valence-electron chi connectivity index (χ1n) is 10.7. The molecule has 0 nitrogen and oxygen atoms in total. The lowest BCUT2D eigenvalue weighted by Crippen LogP contribution is -2.10. The van der Waals surface area contributed by atoms with E-state index in [0.29, 0.717) is 22.6 Å². The zero-order chi connectivity index (χ0) is 20.4. The maximum atomic E-state index is 14.9. The Balaban J connectivity index is 1.59. The molecule has 4 rings (SSSR count). The number of rotatable bonds is 4. The standard InChI is InChI=1S/C27H28F2/c1-3-19-6-10-22(11-7-19)24-16-17-25(27(29)26(24)28)23-14-12-21(13-15-23)20-8-4-18(2)5-9-20/h6-7,10-18,20H,3-5,8-9H2,1-2H3. The summed E-state index contributed by atoms with van der Waals surface area (Å²) < 4.78 is 29.7. The van der Waals surface area contributed by atoms with Crippen LogP contribution >= 0.6 is 0 Å². The molecule has 2 heteroatoms. The van der Waals surface area contributed by atoms with Crippen molar-refractivity contribution in [1.29, 1.82) is 0 Å². The van der Waals surface area contributed by atoms with Crippen molar-refractivity contribution in [2.45, 2.75) is 51.9 Å².